The third-order valence-corrected chi connectivity index (χ3v) is 8.08. The molecule has 1 fully saturated rings. The van der Waals surface area contributed by atoms with Crippen LogP contribution in [-0.2, 0) is 11.3 Å². The molecule has 9 nitrogen and oxygen atoms in total. The number of rotatable bonds is 9. The molecule has 1 aliphatic heterocycles. The summed E-state index contributed by atoms with van der Waals surface area (Å²) in [5, 5.41) is 2.87. The average molecular weight is 562 g/mol. The van der Waals surface area contributed by atoms with E-state index in [1.54, 1.807) is 31.3 Å². The van der Waals surface area contributed by atoms with Gasteiger partial charge in [-0.25, -0.2) is 9.37 Å². The molecule has 0 unspecified atom stereocenters. The number of thiophene rings is 1. The third kappa shape index (κ3) is 5.64. The van der Waals surface area contributed by atoms with E-state index in [4.69, 9.17) is 0 Å². The lowest BCUT2D eigenvalue weighted by Gasteiger charge is -2.18. The Hall–Kier alpha value is -4.38. The number of benzene rings is 2. The summed E-state index contributed by atoms with van der Waals surface area (Å²) in [5.74, 6) is -0.736. The summed E-state index contributed by atoms with van der Waals surface area (Å²) in [4.78, 5) is 58.6. The number of imidazole rings is 1. The Balaban J connectivity index is 1.42. The van der Waals surface area contributed by atoms with Gasteiger partial charge in [-0.3, -0.25) is 24.5 Å². The van der Waals surface area contributed by atoms with E-state index in [2.05, 4.69) is 10.3 Å². The number of nitrogens with zero attached hydrogens (tertiary/aromatic N) is 4. The van der Waals surface area contributed by atoms with Crippen molar-refractivity contribution < 1.29 is 23.6 Å². The summed E-state index contributed by atoms with van der Waals surface area (Å²) in [7, 11) is 1.63. The maximum absolute atomic E-state index is 13.3. The summed E-state index contributed by atoms with van der Waals surface area (Å²) in [6.07, 6.45) is 2.10. The van der Waals surface area contributed by atoms with E-state index in [1.807, 2.05) is 15.5 Å². The van der Waals surface area contributed by atoms with E-state index in [1.165, 1.54) is 36.1 Å². The van der Waals surface area contributed by atoms with Gasteiger partial charge in [0, 0.05) is 44.4 Å². The van der Waals surface area contributed by atoms with Gasteiger partial charge in [0.1, 0.15) is 5.82 Å². The summed E-state index contributed by atoms with van der Waals surface area (Å²) in [5.41, 5.74) is 2.25. The van der Waals surface area contributed by atoms with Crippen molar-refractivity contribution in [3.05, 3.63) is 75.7 Å². The predicted molar refractivity (Wildman–Crippen MR) is 152 cm³/mol. The molecule has 0 aliphatic carbocycles. The SMILES string of the molecule is CC(=O)c1ccc(C(=O)Nc2nc3cc(N(C)C(=O)c4ccc(F)cc4)ccc3n2CCCN2CCCC2=O)s1. The second-order valence-corrected chi connectivity index (χ2v) is 10.7. The molecule has 4 aromatic rings. The van der Waals surface area contributed by atoms with Gasteiger partial charge in [-0.15, -0.1) is 11.3 Å². The summed E-state index contributed by atoms with van der Waals surface area (Å²) in [6.45, 7) is 3.31. The van der Waals surface area contributed by atoms with Crippen molar-refractivity contribution in [3.8, 4) is 0 Å². The Kier molecular flexibility index (Phi) is 7.74. The molecular weight excluding hydrogens is 533 g/mol. The number of aryl methyl sites for hydroxylation is 1. The Morgan fingerprint density at radius 2 is 1.80 bits per heavy atom. The second kappa shape index (κ2) is 11.4. The zero-order chi connectivity index (χ0) is 28.4. The highest BCUT2D eigenvalue weighted by atomic mass is 32.1. The zero-order valence-electron chi connectivity index (χ0n) is 22.1. The van der Waals surface area contributed by atoms with Gasteiger partial charge in [-0.05, 0) is 74.4 Å². The Labute approximate surface area is 234 Å². The molecule has 40 heavy (non-hydrogen) atoms. The van der Waals surface area contributed by atoms with E-state index in [-0.39, 0.29) is 23.5 Å². The standard InChI is InChI=1S/C29H28FN5O4S/c1-18(36)24-12-13-25(40-24)27(38)32-29-31-22-17-21(33(2)28(39)19-6-8-20(30)9-7-19)10-11-23(22)35(29)16-4-15-34-14-3-5-26(34)37/h6-13,17H,3-5,14-16H2,1-2H3,(H,31,32,38). The molecule has 3 amide bonds. The van der Waals surface area contributed by atoms with Crippen LogP contribution < -0.4 is 10.2 Å². The van der Waals surface area contributed by atoms with Crippen LogP contribution in [0.1, 0.15) is 55.9 Å². The molecule has 3 heterocycles. The fourth-order valence-corrected chi connectivity index (χ4v) is 5.52. The Bertz CT molecular complexity index is 1610. The lowest BCUT2D eigenvalue weighted by atomic mass is 10.2. The number of fused-ring (bicyclic) bond motifs is 1. The van der Waals surface area contributed by atoms with Crippen LogP contribution in [0.25, 0.3) is 11.0 Å². The van der Waals surface area contributed by atoms with E-state index >= 15 is 0 Å². The summed E-state index contributed by atoms with van der Waals surface area (Å²) in [6, 6.07) is 14.0. The molecule has 0 atom stereocenters. The van der Waals surface area contributed by atoms with Crippen LogP contribution in [0.4, 0.5) is 16.0 Å². The summed E-state index contributed by atoms with van der Waals surface area (Å²) < 4.78 is 15.2. The molecule has 0 spiro atoms. The number of nitrogens with one attached hydrogen (secondary N) is 1. The first-order valence-corrected chi connectivity index (χ1v) is 13.8. The molecule has 1 saturated heterocycles. The van der Waals surface area contributed by atoms with Crippen LogP contribution in [0, 0.1) is 5.82 Å². The Morgan fingerprint density at radius 3 is 2.48 bits per heavy atom. The number of ketones is 1. The molecule has 206 valence electrons. The van der Waals surface area contributed by atoms with Crippen molar-refractivity contribution in [1.29, 1.82) is 0 Å². The van der Waals surface area contributed by atoms with Crippen LogP contribution in [0.3, 0.4) is 0 Å². The first-order chi connectivity index (χ1) is 19.2. The summed E-state index contributed by atoms with van der Waals surface area (Å²) >= 11 is 1.11. The van der Waals surface area contributed by atoms with E-state index in [0.29, 0.717) is 58.4 Å². The first kappa shape index (κ1) is 27.2. The van der Waals surface area contributed by atoms with Gasteiger partial charge < -0.3 is 14.4 Å². The molecule has 5 rings (SSSR count). The van der Waals surface area contributed by atoms with Crippen LogP contribution in [0.5, 0.6) is 0 Å². The molecule has 0 radical (unpaired) electrons. The van der Waals surface area contributed by atoms with Crippen molar-refractivity contribution >= 4 is 57.5 Å². The van der Waals surface area contributed by atoms with Crippen LogP contribution in [0.2, 0.25) is 0 Å². The van der Waals surface area contributed by atoms with Crippen LogP contribution in [-0.4, -0.2) is 58.1 Å². The first-order valence-electron chi connectivity index (χ1n) is 12.9. The molecule has 0 saturated carbocycles. The molecular formula is C29H28FN5O4S. The molecule has 1 N–H and O–H groups in total. The zero-order valence-corrected chi connectivity index (χ0v) is 23.0. The van der Waals surface area contributed by atoms with Gasteiger partial charge >= 0.3 is 0 Å². The lowest BCUT2D eigenvalue weighted by Crippen LogP contribution is -2.26. The Morgan fingerprint density at radius 1 is 1.05 bits per heavy atom. The number of carbonyl (C=O) groups excluding carboxylic acids is 4. The lowest BCUT2D eigenvalue weighted by molar-refractivity contribution is -0.127. The highest BCUT2D eigenvalue weighted by Gasteiger charge is 2.22. The molecule has 2 aromatic carbocycles. The number of aromatic nitrogens is 2. The molecule has 2 aromatic heterocycles. The van der Waals surface area contributed by atoms with Crippen LogP contribution in [0.15, 0.2) is 54.6 Å². The quantitative estimate of drug-likeness (QED) is 0.290. The van der Waals surface area contributed by atoms with Crippen molar-refractivity contribution in [2.75, 3.05) is 30.4 Å². The monoisotopic (exact) mass is 561 g/mol. The fraction of sp³-hybridized carbons (Fsp3) is 0.276. The van der Waals surface area contributed by atoms with Crippen molar-refractivity contribution in [2.45, 2.75) is 32.7 Å². The van der Waals surface area contributed by atoms with Gasteiger partial charge in [-0.1, -0.05) is 0 Å². The van der Waals surface area contributed by atoms with Gasteiger partial charge in [0.2, 0.25) is 11.9 Å². The smallest absolute Gasteiger partial charge is 0.268 e. The largest absolute Gasteiger partial charge is 0.343 e. The van der Waals surface area contributed by atoms with Gasteiger partial charge in [0.05, 0.1) is 20.8 Å². The number of amides is 3. The van der Waals surface area contributed by atoms with Crippen molar-refractivity contribution in [1.82, 2.24) is 14.5 Å². The highest BCUT2D eigenvalue weighted by molar-refractivity contribution is 7.16. The van der Waals surface area contributed by atoms with E-state index in [9.17, 15) is 23.6 Å². The van der Waals surface area contributed by atoms with Gasteiger partial charge in [0.25, 0.3) is 11.8 Å². The van der Waals surface area contributed by atoms with Crippen LogP contribution >= 0.6 is 11.3 Å². The van der Waals surface area contributed by atoms with Gasteiger partial charge in [-0.2, -0.15) is 0 Å². The molecule has 11 heteroatoms. The topological polar surface area (TPSA) is 105 Å². The number of likely N-dealkylation sites (tertiary alicyclic amines) is 1. The predicted octanol–water partition coefficient (Wildman–Crippen LogP) is 4.98. The number of hydrogen-bond acceptors (Lipinski definition) is 6. The van der Waals surface area contributed by atoms with Gasteiger partial charge in [0.15, 0.2) is 5.78 Å². The van der Waals surface area contributed by atoms with E-state index < -0.39 is 5.82 Å². The maximum Gasteiger partial charge on any atom is 0.268 e. The second-order valence-electron chi connectivity index (χ2n) is 9.64. The minimum absolute atomic E-state index is 0.111. The average Bonchev–Trinajstić information content (AvgIpc) is 3.67. The minimum Gasteiger partial charge on any atom is -0.343 e. The maximum atomic E-state index is 13.3. The van der Waals surface area contributed by atoms with Crippen molar-refractivity contribution in [2.24, 2.45) is 0 Å². The number of Topliss-reactive ketones (excluding diaryl/α,β-unsaturated/α-hetero) is 1. The molecule has 0 bridgehead atoms. The highest BCUT2D eigenvalue weighted by Crippen LogP contribution is 2.27. The number of halogens is 1. The van der Waals surface area contributed by atoms with Crippen molar-refractivity contribution in [3.63, 3.8) is 0 Å². The van der Waals surface area contributed by atoms with E-state index in [0.717, 1.165) is 29.8 Å². The minimum atomic E-state index is -0.421. The fourth-order valence-electron chi connectivity index (χ4n) is 4.72. The normalized spacial score (nSPS) is 13.2. The molecule has 1 aliphatic rings. The number of carbonyl (C=O) groups is 4. The number of anilines is 2. The number of hydrogen-bond donors (Lipinski definition) is 1. The third-order valence-electron chi connectivity index (χ3n) is 6.90.